The largest absolute Gasteiger partial charge is 0.456 e. The molecule has 4 heterocycles. The van der Waals surface area contributed by atoms with E-state index in [1.165, 1.54) is 11.3 Å². The van der Waals surface area contributed by atoms with Crippen LogP contribution >= 0.6 is 11.3 Å². The third kappa shape index (κ3) is 4.70. The van der Waals surface area contributed by atoms with Crippen molar-refractivity contribution in [3.8, 4) is 11.5 Å². The Morgan fingerprint density at radius 1 is 1.09 bits per heavy atom. The second kappa shape index (κ2) is 8.99. The highest BCUT2D eigenvalue weighted by Crippen LogP contribution is 2.35. The number of aromatic nitrogens is 2. The van der Waals surface area contributed by atoms with Crippen LogP contribution in [-0.2, 0) is 11.2 Å². The van der Waals surface area contributed by atoms with Gasteiger partial charge >= 0.3 is 0 Å². The van der Waals surface area contributed by atoms with E-state index in [2.05, 4.69) is 15.3 Å². The third-order valence-corrected chi connectivity index (χ3v) is 6.55. The Hall–Kier alpha value is -3.78. The average molecular weight is 459 g/mol. The number of amides is 2. The maximum atomic E-state index is 12.6. The highest BCUT2D eigenvalue weighted by molar-refractivity contribution is 7.21. The summed E-state index contributed by atoms with van der Waals surface area (Å²) in [5.41, 5.74) is 2.65. The Morgan fingerprint density at radius 2 is 1.91 bits per heavy atom. The van der Waals surface area contributed by atoms with E-state index < -0.39 is 0 Å². The number of fused-ring (bicyclic) bond motifs is 1. The number of hydrogen-bond donors (Lipinski definition) is 1. The molecule has 0 saturated carbocycles. The summed E-state index contributed by atoms with van der Waals surface area (Å²) in [6.07, 6.45) is 4.70. The van der Waals surface area contributed by atoms with E-state index in [0.29, 0.717) is 22.2 Å². The number of carbonyl (C=O) groups is 2. The molecule has 3 aromatic heterocycles. The van der Waals surface area contributed by atoms with Crippen molar-refractivity contribution in [1.29, 1.82) is 0 Å². The van der Waals surface area contributed by atoms with Crippen molar-refractivity contribution in [2.24, 2.45) is 0 Å². The topological polar surface area (TPSA) is 84.4 Å². The van der Waals surface area contributed by atoms with Gasteiger partial charge in [-0.1, -0.05) is 18.2 Å². The number of rotatable bonds is 6. The molecule has 0 spiro atoms. The van der Waals surface area contributed by atoms with Gasteiger partial charge in [0.25, 0.3) is 5.91 Å². The fourth-order valence-corrected chi connectivity index (χ4v) is 4.53. The van der Waals surface area contributed by atoms with E-state index in [9.17, 15) is 9.59 Å². The van der Waals surface area contributed by atoms with Crippen molar-refractivity contribution in [1.82, 2.24) is 14.9 Å². The van der Waals surface area contributed by atoms with Crippen molar-refractivity contribution >= 4 is 39.2 Å². The van der Waals surface area contributed by atoms with Gasteiger partial charge in [0.2, 0.25) is 5.91 Å². The number of aryl methyl sites for hydroxylation is 1. The number of hydrogen-bond acceptors (Lipinski definition) is 6. The molecule has 1 aliphatic heterocycles. The molecule has 0 bridgehead atoms. The fraction of sp³-hybridized carbons (Fsp3) is 0.200. The van der Waals surface area contributed by atoms with E-state index in [-0.39, 0.29) is 18.2 Å². The maximum Gasteiger partial charge on any atom is 0.264 e. The molecule has 33 heavy (non-hydrogen) atoms. The molecule has 1 fully saturated rings. The molecule has 1 aliphatic rings. The number of benzene rings is 1. The summed E-state index contributed by atoms with van der Waals surface area (Å²) in [5, 5.41) is 2.80. The van der Waals surface area contributed by atoms with Gasteiger partial charge in [-0.05, 0) is 48.7 Å². The number of anilines is 1. The normalized spacial score (nSPS) is 12.9. The predicted octanol–water partition coefficient (Wildman–Crippen LogP) is 4.82. The molecule has 4 aromatic rings. The molecule has 0 unspecified atom stereocenters. The lowest BCUT2D eigenvalue weighted by Crippen LogP contribution is -2.41. The molecular weight excluding hydrogens is 436 g/mol. The van der Waals surface area contributed by atoms with Crippen LogP contribution in [0.15, 0.2) is 60.9 Å². The van der Waals surface area contributed by atoms with Crippen LogP contribution in [-0.4, -0.2) is 39.8 Å². The number of thiophene rings is 1. The highest BCUT2D eigenvalue weighted by atomic mass is 32.1. The van der Waals surface area contributed by atoms with Crippen molar-refractivity contribution in [2.75, 3.05) is 18.4 Å². The Labute approximate surface area is 195 Å². The molecule has 1 N–H and O–H groups in total. The van der Waals surface area contributed by atoms with E-state index in [1.807, 2.05) is 48.2 Å². The predicted molar refractivity (Wildman–Crippen MR) is 128 cm³/mol. The monoisotopic (exact) mass is 458 g/mol. The molecule has 2 amide bonds. The Morgan fingerprint density at radius 3 is 2.61 bits per heavy atom. The van der Waals surface area contributed by atoms with Crippen LogP contribution in [0.3, 0.4) is 0 Å². The molecule has 5 rings (SSSR count). The van der Waals surface area contributed by atoms with Gasteiger partial charge in [-0.2, -0.15) is 0 Å². The van der Waals surface area contributed by atoms with Gasteiger partial charge in [0.1, 0.15) is 17.3 Å². The summed E-state index contributed by atoms with van der Waals surface area (Å²) in [7, 11) is 0. The molecule has 1 aromatic carbocycles. The molecule has 0 aliphatic carbocycles. The Balaban J connectivity index is 1.26. The number of carbonyl (C=O) groups excluding carboxylic acids is 2. The van der Waals surface area contributed by atoms with Crippen molar-refractivity contribution in [2.45, 2.75) is 19.8 Å². The van der Waals surface area contributed by atoms with Gasteiger partial charge in [0, 0.05) is 31.5 Å². The summed E-state index contributed by atoms with van der Waals surface area (Å²) in [6.45, 7) is 3.58. The molecule has 166 valence electrons. The molecule has 7 nitrogen and oxygen atoms in total. The van der Waals surface area contributed by atoms with E-state index in [4.69, 9.17) is 4.74 Å². The first-order valence-corrected chi connectivity index (χ1v) is 11.5. The lowest BCUT2D eigenvalue weighted by atomic mass is 10.1. The SMILES string of the molecule is Cc1ccc(NC(=O)Cc2ccc(Oc3ccnc4cc(C(=O)N5CCC5)sc34)cc2)nc1. The molecule has 0 radical (unpaired) electrons. The first kappa shape index (κ1) is 21.1. The Kier molecular flexibility index (Phi) is 5.75. The van der Waals surface area contributed by atoms with Crippen LogP contribution in [0.5, 0.6) is 11.5 Å². The van der Waals surface area contributed by atoms with Crippen LogP contribution in [0.2, 0.25) is 0 Å². The summed E-state index contributed by atoms with van der Waals surface area (Å²) in [5.74, 6) is 1.77. The first-order chi connectivity index (χ1) is 16.0. The van der Waals surface area contributed by atoms with Gasteiger partial charge in [-0.25, -0.2) is 4.98 Å². The summed E-state index contributed by atoms with van der Waals surface area (Å²) >= 11 is 1.40. The average Bonchev–Trinajstić information content (AvgIpc) is 3.21. The standard InChI is InChI=1S/C25H22N4O3S/c1-16-3-8-22(27-15-16)28-23(30)13-17-4-6-18(7-5-17)32-20-9-10-26-19-14-21(33-24(19)20)25(31)29-11-2-12-29/h3-10,14-15H,2,11-13H2,1H3,(H,27,28,30). The zero-order valence-electron chi connectivity index (χ0n) is 18.1. The fourth-order valence-electron chi connectivity index (χ4n) is 3.49. The van der Waals surface area contributed by atoms with E-state index in [1.54, 1.807) is 24.5 Å². The zero-order chi connectivity index (χ0) is 22.8. The summed E-state index contributed by atoms with van der Waals surface area (Å²) in [6, 6.07) is 14.7. The highest BCUT2D eigenvalue weighted by Gasteiger charge is 2.24. The minimum atomic E-state index is -0.131. The van der Waals surface area contributed by atoms with Gasteiger partial charge < -0.3 is 15.0 Å². The van der Waals surface area contributed by atoms with Gasteiger partial charge in [0.15, 0.2) is 0 Å². The lowest BCUT2D eigenvalue weighted by molar-refractivity contribution is -0.115. The summed E-state index contributed by atoms with van der Waals surface area (Å²) < 4.78 is 6.93. The number of pyridine rings is 2. The Bertz CT molecular complexity index is 1310. The van der Waals surface area contributed by atoms with E-state index >= 15 is 0 Å². The van der Waals surface area contributed by atoms with Crippen LogP contribution in [0.4, 0.5) is 5.82 Å². The van der Waals surface area contributed by atoms with Gasteiger partial charge in [-0.15, -0.1) is 11.3 Å². The third-order valence-electron chi connectivity index (χ3n) is 5.42. The van der Waals surface area contributed by atoms with Crippen LogP contribution in [0.1, 0.15) is 27.2 Å². The van der Waals surface area contributed by atoms with Gasteiger partial charge in [0.05, 0.1) is 21.5 Å². The second-order valence-electron chi connectivity index (χ2n) is 7.97. The van der Waals surface area contributed by atoms with Gasteiger partial charge in [-0.3, -0.25) is 14.6 Å². The molecule has 0 atom stereocenters. The summed E-state index contributed by atoms with van der Waals surface area (Å²) in [4.78, 5) is 36.0. The quantitative estimate of drug-likeness (QED) is 0.448. The lowest BCUT2D eigenvalue weighted by Gasteiger charge is -2.30. The minimum Gasteiger partial charge on any atom is -0.456 e. The molecule has 1 saturated heterocycles. The number of nitrogens with one attached hydrogen (secondary N) is 1. The van der Waals surface area contributed by atoms with Crippen molar-refractivity contribution < 1.29 is 14.3 Å². The van der Waals surface area contributed by atoms with Crippen molar-refractivity contribution in [3.05, 3.63) is 76.9 Å². The van der Waals surface area contributed by atoms with Crippen LogP contribution in [0, 0.1) is 6.92 Å². The molecule has 8 heteroatoms. The smallest absolute Gasteiger partial charge is 0.264 e. The number of likely N-dealkylation sites (tertiary alicyclic amines) is 1. The van der Waals surface area contributed by atoms with E-state index in [0.717, 1.165) is 40.9 Å². The first-order valence-electron chi connectivity index (χ1n) is 10.7. The molecular formula is C25H22N4O3S. The second-order valence-corrected chi connectivity index (χ2v) is 9.02. The van der Waals surface area contributed by atoms with Crippen molar-refractivity contribution in [3.63, 3.8) is 0 Å². The number of nitrogens with zero attached hydrogens (tertiary/aromatic N) is 3. The maximum absolute atomic E-state index is 12.6. The minimum absolute atomic E-state index is 0.0543. The van der Waals surface area contributed by atoms with Crippen LogP contribution < -0.4 is 10.1 Å². The van der Waals surface area contributed by atoms with Crippen LogP contribution in [0.25, 0.3) is 10.2 Å². The number of ether oxygens (including phenoxy) is 1. The zero-order valence-corrected chi connectivity index (χ0v) is 18.9.